The van der Waals surface area contributed by atoms with E-state index in [1.807, 2.05) is 0 Å². The van der Waals surface area contributed by atoms with Crippen LogP contribution < -0.4 is 9.47 Å². The lowest BCUT2D eigenvalue weighted by molar-refractivity contribution is -0.152. The predicted octanol–water partition coefficient (Wildman–Crippen LogP) is 4.58. The van der Waals surface area contributed by atoms with E-state index in [1.165, 1.54) is 26.0 Å². The van der Waals surface area contributed by atoms with Gasteiger partial charge in [-0.3, -0.25) is 0 Å². The fourth-order valence-electron chi connectivity index (χ4n) is 2.32. The highest BCUT2D eigenvalue weighted by atomic mass is 19.4. The summed E-state index contributed by atoms with van der Waals surface area (Å²) in [5.74, 6) is -0.00162. The smallest absolute Gasteiger partial charge is 0.416 e. The average molecular weight is 422 g/mol. The van der Waals surface area contributed by atoms with Crippen LogP contribution in [0.25, 0.3) is 11.5 Å². The average Bonchev–Trinajstić information content (AvgIpc) is 3.15. The van der Waals surface area contributed by atoms with E-state index in [9.17, 15) is 18.0 Å². The van der Waals surface area contributed by atoms with Crippen molar-refractivity contribution in [1.29, 1.82) is 0 Å². The third-order valence-corrected chi connectivity index (χ3v) is 4.01. The number of benzene rings is 2. The van der Waals surface area contributed by atoms with E-state index in [2.05, 4.69) is 10.1 Å². The normalized spacial score (nSPS) is 11.9. The molecule has 2 aromatic carbocycles. The fraction of sp³-hybridized carbons (Fsp3) is 0.250. The molecule has 10 heteroatoms. The lowest BCUT2D eigenvalue weighted by atomic mass is 10.1. The largest absolute Gasteiger partial charge is 0.485 e. The monoisotopic (exact) mass is 422 g/mol. The van der Waals surface area contributed by atoms with Gasteiger partial charge in [-0.25, -0.2) is 4.79 Å². The number of aliphatic carboxylic acids is 1. The van der Waals surface area contributed by atoms with Gasteiger partial charge in [0.2, 0.25) is 5.82 Å². The van der Waals surface area contributed by atoms with Gasteiger partial charge >= 0.3 is 12.1 Å². The van der Waals surface area contributed by atoms with Crippen LogP contribution in [0.2, 0.25) is 0 Å². The molecule has 0 atom stereocenters. The Morgan fingerprint density at radius 2 is 1.63 bits per heavy atom. The van der Waals surface area contributed by atoms with Gasteiger partial charge < -0.3 is 19.1 Å². The maximum Gasteiger partial charge on any atom is 0.416 e. The minimum atomic E-state index is -4.42. The molecule has 0 bridgehead atoms. The van der Waals surface area contributed by atoms with Gasteiger partial charge in [-0.05, 0) is 62.4 Å². The molecule has 0 fully saturated rings. The Labute approximate surface area is 169 Å². The Kier molecular flexibility index (Phi) is 5.68. The zero-order valence-electron chi connectivity index (χ0n) is 15.9. The zero-order chi connectivity index (χ0) is 21.9. The Bertz CT molecular complexity index is 1010. The fourth-order valence-corrected chi connectivity index (χ4v) is 2.32. The maximum absolute atomic E-state index is 12.6. The summed E-state index contributed by atoms with van der Waals surface area (Å²) < 4.78 is 53.9. The van der Waals surface area contributed by atoms with E-state index in [-0.39, 0.29) is 18.3 Å². The third-order valence-electron chi connectivity index (χ3n) is 4.01. The Morgan fingerprint density at radius 3 is 2.20 bits per heavy atom. The van der Waals surface area contributed by atoms with Crippen molar-refractivity contribution in [2.45, 2.75) is 32.2 Å². The molecule has 0 spiro atoms. The summed E-state index contributed by atoms with van der Waals surface area (Å²) in [6, 6.07) is 10.7. The molecule has 0 aliphatic carbocycles. The van der Waals surface area contributed by atoms with Crippen LogP contribution in [0.5, 0.6) is 11.5 Å². The quantitative estimate of drug-likeness (QED) is 0.596. The summed E-state index contributed by atoms with van der Waals surface area (Å²) in [5, 5.41) is 12.8. The summed E-state index contributed by atoms with van der Waals surface area (Å²) in [6.07, 6.45) is -4.42. The van der Waals surface area contributed by atoms with Crippen LogP contribution in [-0.4, -0.2) is 26.8 Å². The number of aromatic nitrogens is 2. The van der Waals surface area contributed by atoms with Crippen molar-refractivity contribution in [3.8, 4) is 23.0 Å². The summed E-state index contributed by atoms with van der Waals surface area (Å²) >= 11 is 0. The molecule has 1 aromatic heterocycles. The van der Waals surface area contributed by atoms with Gasteiger partial charge in [0.15, 0.2) is 12.2 Å². The topological polar surface area (TPSA) is 94.7 Å². The number of carboxylic acid groups (broad SMARTS) is 1. The summed E-state index contributed by atoms with van der Waals surface area (Å²) in [5.41, 5.74) is -1.79. The Morgan fingerprint density at radius 1 is 1.03 bits per heavy atom. The zero-order valence-corrected chi connectivity index (χ0v) is 15.9. The third kappa shape index (κ3) is 5.07. The lowest BCUT2D eigenvalue weighted by Gasteiger charge is -2.21. The van der Waals surface area contributed by atoms with Crippen molar-refractivity contribution in [1.82, 2.24) is 10.1 Å². The number of halogens is 3. The number of carboxylic acids is 1. The standard InChI is InChI=1S/C20H17F3N2O5/c1-19(2,18(26)27)29-15-9-7-14(8-10-15)28-11-16-24-17(30-25-16)12-3-5-13(6-4-12)20(21,22)23/h3-10H,11H2,1-2H3,(H,26,27). The Hall–Kier alpha value is -3.56. The van der Waals surface area contributed by atoms with Gasteiger partial charge in [-0.1, -0.05) is 5.16 Å². The number of ether oxygens (including phenoxy) is 2. The molecule has 0 aliphatic heterocycles. The molecule has 0 amide bonds. The first-order valence-corrected chi connectivity index (χ1v) is 8.70. The summed E-state index contributed by atoms with van der Waals surface area (Å²) in [6.45, 7) is 2.83. The highest BCUT2D eigenvalue weighted by Crippen LogP contribution is 2.30. The number of carbonyl (C=O) groups is 1. The van der Waals surface area contributed by atoms with Crippen molar-refractivity contribution in [3.05, 3.63) is 59.9 Å². The molecule has 0 saturated carbocycles. The van der Waals surface area contributed by atoms with E-state index in [1.54, 1.807) is 24.3 Å². The summed E-state index contributed by atoms with van der Waals surface area (Å²) in [7, 11) is 0. The summed E-state index contributed by atoms with van der Waals surface area (Å²) in [4.78, 5) is 15.2. The first kappa shape index (κ1) is 21.2. The number of hydrogen-bond acceptors (Lipinski definition) is 6. The van der Waals surface area contributed by atoms with E-state index < -0.39 is 23.3 Å². The molecular formula is C20H17F3N2O5. The molecular weight excluding hydrogens is 405 g/mol. The Balaban J connectivity index is 1.60. The van der Waals surface area contributed by atoms with E-state index in [4.69, 9.17) is 19.1 Å². The van der Waals surface area contributed by atoms with E-state index >= 15 is 0 Å². The predicted molar refractivity (Wildman–Crippen MR) is 97.9 cm³/mol. The van der Waals surface area contributed by atoms with Gasteiger partial charge in [-0.2, -0.15) is 18.2 Å². The van der Waals surface area contributed by atoms with Crippen molar-refractivity contribution >= 4 is 5.97 Å². The molecule has 30 heavy (non-hydrogen) atoms. The second-order valence-corrected chi connectivity index (χ2v) is 6.77. The van der Waals surface area contributed by atoms with Crippen molar-refractivity contribution in [3.63, 3.8) is 0 Å². The number of nitrogens with zero attached hydrogens (tertiary/aromatic N) is 2. The molecule has 3 rings (SSSR count). The van der Waals surface area contributed by atoms with Gasteiger partial charge in [-0.15, -0.1) is 0 Å². The second kappa shape index (κ2) is 8.05. The molecule has 7 nitrogen and oxygen atoms in total. The maximum atomic E-state index is 12.6. The minimum absolute atomic E-state index is 0.0367. The van der Waals surface area contributed by atoms with Crippen LogP contribution in [-0.2, 0) is 17.6 Å². The van der Waals surface area contributed by atoms with Gasteiger partial charge in [0.1, 0.15) is 11.5 Å². The first-order valence-electron chi connectivity index (χ1n) is 8.70. The van der Waals surface area contributed by atoms with Gasteiger partial charge in [0.05, 0.1) is 5.56 Å². The van der Waals surface area contributed by atoms with Crippen LogP contribution in [0.3, 0.4) is 0 Å². The number of rotatable bonds is 7. The van der Waals surface area contributed by atoms with E-state index in [0.717, 1.165) is 12.1 Å². The molecule has 1 N–H and O–H groups in total. The highest BCUT2D eigenvalue weighted by Gasteiger charge is 2.30. The van der Waals surface area contributed by atoms with Crippen LogP contribution in [0.4, 0.5) is 13.2 Å². The van der Waals surface area contributed by atoms with Crippen LogP contribution in [0, 0.1) is 0 Å². The second-order valence-electron chi connectivity index (χ2n) is 6.77. The van der Waals surface area contributed by atoms with E-state index in [0.29, 0.717) is 17.1 Å². The molecule has 0 radical (unpaired) electrons. The molecule has 0 saturated heterocycles. The minimum Gasteiger partial charge on any atom is -0.485 e. The SMILES string of the molecule is CC(C)(Oc1ccc(OCc2noc(-c3ccc(C(F)(F)F)cc3)n2)cc1)C(=O)O. The van der Waals surface area contributed by atoms with Crippen molar-refractivity contribution < 1.29 is 37.1 Å². The van der Waals surface area contributed by atoms with Crippen molar-refractivity contribution in [2.75, 3.05) is 0 Å². The first-order chi connectivity index (χ1) is 14.0. The van der Waals surface area contributed by atoms with Crippen LogP contribution in [0.15, 0.2) is 53.1 Å². The highest BCUT2D eigenvalue weighted by molar-refractivity contribution is 5.76. The molecule has 0 aliphatic rings. The number of alkyl halides is 3. The molecule has 158 valence electrons. The van der Waals surface area contributed by atoms with Crippen LogP contribution >= 0.6 is 0 Å². The molecule has 0 unspecified atom stereocenters. The lowest BCUT2D eigenvalue weighted by Crippen LogP contribution is -2.37. The van der Waals surface area contributed by atoms with Gasteiger partial charge in [0.25, 0.3) is 5.89 Å². The molecule has 3 aromatic rings. The van der Waals surface area contributed by atoms with Gasteiger partial charge in [0, 0.05) is 5.56 Å². The van der Waals surface area contributed by atoms with Crippen LogP contribution in [0.1, 0.15) is 25.2 Å². The number of hydrogen-bond donors (Lipinski definition) is 1. The molecule has 1 heterocycles. The van der Waals surface area contributed by atoms with Crippen molar-refractivity contribution in [2.24, 2.45) is 0 Å².